The monoisotopic (exact) mass is 444 g/mol. The Balaban J connectivity index is 1.54. The third kappa shape index (κ3) is 6.25. The first-order valence-electron chi connectivity index (χ1n) is 11.1. The van der Waals surface area contributed by atoms with Gasteiger partial charge in [-0.1, -0.05) is 30.3 Å². The van der Waals surface area contributed by atoms with Gasteiger partial charge >= 0.3 is 0 Å². The van der Waals surface area contributed by atoms with Gasteiger partial charge in [0.1, 0.15) is 0 Å². The lowest BCUT2D eigenvalue weighted by molar-refractivity contribution is -0.114. The molecule has 33 heavy (non-hydrogen) atoms. The van der Waals surface area contributed by atoms with Gasteiger partial charge in [0.05, 0.1) is 5.71 Å². The van der Waals surface area contributed by atoms with Crippen LogP contribution in [0.5, 0.6) is 0 Å². The topological polar surface area (TPSA) is 107 Å². The van der Waals surface area contributed by atoms with Gasteiger partial charge in [-0.15, -0.1) is 0 Å². The van der Waals surface area contributed by atoms with Crippen LogP contribution in [0.2, 0.25) is 0 Å². The van der Waals surface area contributed by atoms with Crippen LogP contribution in [0.15, 0.2) is 59.7 Å². The number of carbonyl (C=O) groups excluding carboxylic acids is 1. The van der Waals surface area contributed by atoms with Crippen molar-refractivity contribution in [2.24, 2.45) is 5.10 Å². The van der Waals surface area contributed by atoms with E-state index in [0.717, 1.165) is 48.6 Å². The van der Waals surface area contributed by atoms with E-state index in [1.807, 2.05) is 61.5 Å². The average Bonchev–Trinajstić information content (AvgIpc) is 2.84. The quantitative estimate of drug-likeness (QED) is 0.366. The lowest BCUT2D eigenvalue weighted by Crippen LogP contribution is -2.31. The van der Waals surface area contributed by atoms with Crippen LogP contribution in [0, 0.1) is 0 Å². The van der Waals surface area contributed by atoms with Crippen LogP contribution in [-0.4, -0.2) is 39.7 Å². The summed E-state index contributed by atoms with van der Waals surface area (Å²) in [7, 11) is 0. The smallest absolute Gasteiger partial charge is 0.250 e. The Morgan fingerprint density at radius 1 is 0.848 bits per heavy atom. The van der Waals surface area contributed by atoms with Crippen LogP contribution in [0.3, 0.4) is 0 Å². The number of nitrogens with zero attached hydrogens (tertiary/aromatic N) is 5. The van der Waals surface area contributed by atoms with E-state index in [9.17, 15) is 4.79 Å². The Bertz CT molecular complexity index is 1110. The first-order valence-corrected chi connectivity index (χ1v) is 11.1. The molecule has 0 saturated carbocycles. The molecular formula is C24H28N8O. The van der Waals surface area contributed by atoms with Crippen molar-refractivity contribution < 1.29 is 4.79 Å². The van der Waals surface area contributed by atoms with Crippen molar-refractivity contribution in [3.8, 4) is 0 Å². The zero-order chi connectivity index (χ0) is 23.0. The summed E-state index contributed by atoms with van der Waals surface area (Å²) in [5, 5.41) is 10.5. The molecule has 1 saturated heterocycles. The molecule has 1 amide bonds. The zero-order valence-corrected chi connectivity index (χ0v) is 18.9. The fourth-order valence-corrected chi connectivity index (χ4v) is 3.55. The summed E-state index contributed by atoms with van der Waals surface area (Å²) in [5.74, 6) is 1.37. The van der Waals surface area contributed by atoms with Gasteiger partial charge in [0.25, 0.3) is 0 Å². The van der Waals surface area contributed by atoms with Crippen molar-refractivity contribution in [1.82, 2.24) is 15.0 Å². The number of benzene rings is 2. The van der Waals surface area contributed by atoms with Gasteiger partial charge < -0.3 is 15.5 Å². The number of piperidine rings is 1. The van der Waals surface area contributed by atoms with Gasteiger partial charge in [0, 0.05) is 31.4 Å². The second-order valence-corrected chi connectivity index (χ2v) is 7.89. The summed E-state index contributed by atoms with van der Waals surface area (Å²) in [6.07, 6.45) is 3.48. The van der Waals surface area contributed by atoms with E-state index < -0.39 is 0 Å². The molecule has 170 valence electrons. The van der Waals surface area contributed by atoms with Crippen LogP contribution in [0.1, 0.15) is 38.7 Å². The summed E-state index contributed by atoms with van der Waals surface area (Å²) in [6, 6.07) is 17.3. The Morgan fingerprint density at radius 2 is 1.55 bits per heavy atom. The van der Waals surface area contributed by atoms with Crippen LogP contribution in [0.25, 0.3) is 0 Å². The SMILES string of the molecule is CC(=O)Nc1ccc(/C(C)=N\Nc2nc(Nc3ccccc3)nc(N3CCCCC3)n2)cc1. The number of para-hydroxylation sites is 1. The molecule has 9 nitrogen and oxygen atoms in total. The lowest BCUT2D eigenvalue weighted by Gasteiger charge is -2.26. The summed E-state index contributed by atoms with van der Waals surface area (Å²) in [4.78, 5) is 27.1. The number of hydrazone groups is 1. The van der Waals surface area contributed by atoms with E-state index in [2.05, 4.69) is 41.0 Å². The average molecular weight is 445 g/mol. The van der Waals surface area contributed by atoms with Crippen molar-refractivity contribution in [2.75, 3.05) is 34.0 Å². The fraction of sp³-hybridized carbons (Fsp3) is 0.292. The van der Waals surface area contributed by atoms with E-state index in [4.69, 9.17) is 0 Å². The minimum Gasteiger partial charge on any atom is -0.341 e. The number of anilines is 5. The molecule has 0 aliphatic carbocycles. The predicted octanol–water partition coefficient (Wildman–Crippen LogP) is 4.40. The highest BCUT2D eigenvalue weighted by Gasteiger charge is 2.16. The minimum absolute atomic E-state index is 0.103. The number of hydrogen-bond donors (Lipinski definition) is 3. The van der Waals surface area contributed by atoms with Crippen molar-refractivity contribution in [3.05, 3.63) is 60.2 Å². The van der Waals surface area contributed by atoms with E-state index in [1.54, 1.807) is 0 Å². The maximum absolute atomic E-state index is 11.2. The molecule has 0 bridgehead atoms. The minimum atomic E-state index is -0.103. The molecule has 1 fully saturated rings. The Labute approximate surface area is 193 Å². The molecule has 2 aromatic carbocycles. The third-order valence-electron chi connectivity index (χ3n) is 5.24. The van der Waals surface area contributed by atoms with Gasteiger partial charge in [0.2, 0.25) is 23.8 Å². The first-order chi connectivity index (χ1) is 16.1. The largest absolute Gasteiger partial charge is 0.341 e. The zero-order valence-electron chi connectivity index (χ0n) is 18.9. The molecule has 0 spiro atoms. The van der Waals surface area contributed by atoms with Crippen molar-refractivity contribution in [1.29, 1.82) is 0 Å². The Morgan fingerprint density at radius 3 is 2.24 bits per heavy atom. The molecule has 0 atom stereocenters. The maximum atomic E-state index is 11.2. The van der Waals surface area contributed by atoms with Crippen LogP contribution in [-0.2, 0) is 4.79 Å². The number of rotatable bonds is 7. The van der Waals surface area contributed by atoms with Gasteiger partial charge in [0.15, 0.2) is 0 Å². The highest BCUT2D eigenvalue weighted by atomic mass is 16.1. The second kappa shape index (κ2) is 10.5. The van der Waals surface area contributed by atoms with Gasteiger partial charge in [-0.05, 0) is 56.0 Å². The Kier molecular flexibility index (Phi) is 7.09. The molecule has 9 heteroatoms. The molecule has 1 aromatic heterocycles. The molecule has 3 aromatic rings. The van der Waals surface area contributed by atoms with E-state index >= 15 is 0 Å². The molecule has 3 N–H and O–H groups in total. The van der Waals surface area contributed by atoms with Crippen LogP contribution >= 0.6 is 0 Å². The highest BCUT2D eigenvalue weighted by Crippen LogP contribution is 2.21. The normalized spacial score (nSPS) is 14.0. The number of amides is 1. The van der Waals surface area contributed by atoms with E-state index in [-0.39, 0.29) is 5.91 Å². The lowest BCUT2D eigenvalue weighted by atomic mass is 10.1. The second-order valence-electron chi connectivity index (χ2n) is 7.89. The number of carbonyl (C=O) groups is 1. The summed E-state index contributed by atoms with van der Waals surface area (Å²) in [6.45, 7) is 5.24. The van der Waals surface area contributed by atoms with Crippen LogP contribution in [0.4, 0.5) is 29.2 Å². The predicted molar refractivity (Wildman–Crippen MR) is 132 cm³/mol. The van der Waals surface area contributed by atoms with Crippen molar-refractivity contribution in [2.45, 2.75) is 33.1 Å². The summed E-state index contributed by atoms with van der Waals surface area (Å²) < 4.78 is 0. The molecule has 1 aliphatic heterocycles. The van der Waals surface area contributed by atoms with Crippen molar-refractivity contribution >= 4 is 40.8 Å². The molecule has 2 heterocycles. The van der Waals surface area contributed by atoms with Crippen molar-refractivity contribution in [3.63, 3.8) is 0 Å². The summed E-state index contributed by atoms with van der Waals surface area (Å²) >= 11 is 0. The third-order valence-corrected chi connectivity index (χ3v) is 5.24. The highest BCUT2D eigenvalue weighted by molar-refractivity contribution is 5.99. The fourth-order valence-electron chi connectivity index (χ4n) is 3.55. The number of hydrogen-bond acceptors (Lipinski definition) is 8. The Hall–Kier alpha value is -4.01. The summed E-state index contributed by atoms with van der Waals surface area (Å²) in [5.41, 5.74) is 6.32. The first kappa shape index (κ1) is 22.2. The van der Waals surface area contributed by atoms with Gasteiger partial charge in [-0.25, -0.2) is 5.43 Å². The molecular weight excluding hydrogens is 416 g/mol. The number of nitrogens with one attached hydrogen (secondary N) is 3. The standard InChI is InChI=1S/C24H28N8O/c1-17(19-11-13-21(14-12-19)25-18(2)33)30-31-23-27-22(26-20-9-5-3-6-10-20)28-24(29-23)32-15-7-4-8-16-32/h3,5-6,9-14H,4,7-8,15-16H2,1-2H3,(H,25,33)(H2,26,27,28,29,31)/b30-17-. The van der Waals surface area contributed by atoms with E-state index in [1.165, 1.54) is 13.3 Å². The van der Waals surface area contributed by atoms with Gasteiger partial charge in [-0.3, -0.25) is 4.79 Å². The molecule has 4 rings (SSSR count). The molecule has 0 radical (unpaired) electrons. The molecule has 1 aliphatic rings. The van der Waals surface area contributed by atoms with Gasteiger partial charge in [-0.2, -0.15) is 20.1 Å². The van der Waals surface area contributed by atoms with Crippen LogP contribution < -0.4 is 21.0 Å². The molecule has 0 unspecified atom stereocenters. The number of aromatic nitrogens is 3. The maximum Gasteiger partial charge on any atom is 0.250 e. The van der Waals surface area contributed by atoms with E-state index in [0.29, 0.717) is 17.8 Å².